The molecular weight excluding hydrogens is 314 g/mol. The minimum atomic E-state index is 0.866. The molecule has 0 aliphatic rings. The molecule has 0 saturated heterocycles. The molecule has 26 heavy (non-hydrogen) atoms. The van der Waals surface area contributed by atoms with E-state index in [1.54, 1.807) is 0 Å². The summed E-state index contributed by atoms with van der Waals surface area (Å²) in [6.45, 7) is 0.866. The molecule has 1 rings (SSSR count). The van der Waals surface area contributed by atoms with Crippen LogP contribution in [0.3, 0.4) is 0 Å². The zero-order chi connectivity index (χ0) is 18.5. The molecule has 0 spiro atoms. The first kappa shape index (κ1) is 23.0. The molecular formula is C25H43N. The van der Waals surface area contributed by atoms with Crippen molar-refractivity contribution in [1.29, 1.82) is 0 Å². The van der Waals surface area contributed by atoms with Crippen molar-refractivity contribution in [2.75, 3.05) is 6.54 Å². The van der Waals surface area contributed by atoms with Gasteiger partial charge < -0.3 is 5.73 Å². The third-order valence-corrected chi connectivity index (χ3v) is 5.18. The molecule has 1 aromatic rings. The van der Waals surface area contributed by atoms with E-state index in [9.17, 15) is 0 Å². The van der Waals surface area contributed by atoms with Crippen molar-refractivity contribution in [3.63, 3.8) is 0 Å². The highest BCUT2D eigenvalue weighted by atomic mass is 14.5. The standard InChI is InChI=1S/C25H43N/c26-24-20-15-13-11-9-7-5-3-1-2-4-6-8-10-12-14-17-21-25-22-18-16-19-23-25/h16-19,21-23H,1-15,20,24,26H2. The van der Waals surface area contributed by atoms with Crippen LogP contribution >= 0.6 is 0 Å². The van der Waals surface area contributed by atoms with Crippen LogP contribution in [0.15, 0.2) is 36.4 Å². The molecule has 148 valence electrons. The van der Waals surface area contributed by atoms with Gasteiger partial charge >= 0.3 is 0 Å². The second-order valence-electron chi connectivity index (χ2n) is 7.69. The van der Waals surface area contributed by atoms with E-state index in [0.29, 0.717) is 0 Å². The van der Waals surface area contributed by atoms with E-state index in [4.69, 9.17) is 5.73 Å². The maximum absolute atomic E-state index is 5.51. The number of nitrogens with two attached hydrogens (primary N) is 1. The van der Waals surface area contributed by atoms with E-state index in [-0.39, 0.29) is 0 Å². The molecule has 1 aromatic carbocycles. The average Bonchev–Trinajstić information content (AvgIpc) is 2.68. The number of unbranched alkanes of at least 4 members (excludes halogenated alkanes) is 15. The summed E-state index contributed by atoms with van der Waals surface area (Å²) >= 11 is 0. The molecule has 0 radical (unpaired) electrons. The second kappa shape index (κ2) is 18.7. The molecule has 0 aliphatic heterocycles. The van der Waals surface area contributed by atoms with Crippen LogP contribution in [0.2, 0.25) is 0 Å². The summed E-state index contributed by atoms with van der Waals surface area (Å²) < 4.78 is 0. The Hall–Kier alpha value is -1.08. The lowest BCUT2D eigenvalue weighted by Gasteiger charge is -2.03. The van der Waals surface area contributed by atoms with E-state index in [1.807, 2.05) is 0 Å². The summed E-state index contributed by atoms with van der Waals surface area (Å²) in [5, 5.41) is 0. The van der Waals surface area contributed by atoms with Crippen molar-refractivity contribution in [2.45, 2.75) is 103 Å². The Morgan fingerprint density at radius 2 is 0.962 bits per heavy atom. The predicted molar refractivity (Wildman–Crippen MR) is 118 cm³/mol. The fraction of sp³-hybridized carbons (Fsp3) is 0.680. The highest BCUT2D eigenvalue weighted by Gasteiger charge is 1.94. The van der Waals surface area contributed by atoms with Gasteiger partial charge in [0.2, 0.25) is 0 Å². The molecule has 0 heterocycles. The third kappa shape index (κ3) is 15.2. The van der Waals surface area contributed by atoms with Gasteiger partial charge in [0.05, 0.1) is 0 Å². The van der Waals surface area contributed by atoms with Gasteiger partial charge in [0, 0.05) is 0 Å². The number of benzene rings is 1. The molecule has 0 fully saturated rings. The largest absolute Gasteiger partial charge is 0.330 e. The number of rotatable bonds is 18. The zero-order valence-electron chi connectivity index (χ0n) is 17.1. The smallest absolute Gasteiger partial charge is 0.00773 e. The molecule has 0 atom stereocenters. The summed E-state index contributed by atoms with van der Waals surface area (Å²) in [6, 6.07) is 10.6. The maximum atomic E-state index is 5.51. The van der Waals surface area contributed by atoms with Gasteiger partial charge in [-0.25, -0.2) is 0 Å². The van der Waals surface area contributed by atoms with Gasteiger partial charge in [-0.1, -0.05) is 126 Å². The van der Waals surface area contributed by atoms with Gasteiger partial charge in [0.25, 0.3) is 0 Å². The Kier molecular flexibility index (Phi) is 16.5. The lowest BCUT2D eigenvalue weighted by molar-refractivity contribution is 0.531. The Labute approximate surface area is 163 Å². The van der Waals surface area contributed by atoms with E-state index in [0.717, 1.165) is 6.54 Å². The van der Waals surface area contributed by atoms with E-state index in [2.05, 4.69) is 42.5 Å². The first-order chi connectivity index (χ1) is 12.9. The summed E-state index contributed by atoms with van der Waals surface area (Å²) in [5.74, 6) is 0. The minimum Gasteiger partial charge on any atom is -0.330 e. The van der Waals surface area contributed by atoms with Crippen LogP contribution in [-0.4, -0.2) is 6.54 Å². The molecule has 0 unspecified atom stereocenters. The van der Waals surface area contributed by atoms with E-state index < -0.39 is 0 Å². The zero-order valence-corrected chi connectivity index (χ0v) is 17.1. The van der Waals surface area contributed by atoms with Crippen LogP contribution in [0.25, 0.3) is 6.08 Å². The molecule has 2 N–H and O–H groups in total. The van der Waals surface area contributed by atoms with Crippen LogP contribution in [-0.2, 0) is 0 Å². The highest BCUT2D eigenvalue weighted by Crippen LogP contribution is 2.14. The monoisotopic (exact) mass is 357 g/mol. The lowest BCUT2D eigenvalue weighted by Crippen LogP contribution is -1.97. The molecule has 1 heteroatoms. The fourth-order valence-electron chi connectivity index (χ4n) is 3.49. The third-order valence-electron chi connectivity index (χ3n) is 5.18. The van der Waals surface area contributed by atoms with Gasteiger partial charge in [-0.15, -0.1) is 0 Å². The van der Waals surface area contributed by atoms with Crippen LogP contribution in [0.1, 0.15) is 108 Å². The lowest BCUT2D eigenvalue weighted by atomic mass is 10.0. The molecule has 0 aromatic heterocycles. The first-order valence-corrected chi connectivity index (χ1v) is 11.3. The summed E-state index contributed by atoms with van der Waals surface area (Å²) in [7, 11) is 0. The topological polar surface area (TPSA) is 26.0 Å². The van der Waals surface area contributed by atoms with Crippen LogP contribution in [0.5, 0.6) is 0 Å². The van der Waals surface area contributed by atoms with Crippen LogP contribution < -0.4 is 5.73 Å². The van der Waals surface area contributed by atoms with Crippen molar-refractivity contribution < 1.29 is 0 Å². The van der Waals surface area contributed by atoms with Crippen molar-refractivity contribution >= 4 is 6.08 Å². The average molecular weight is 358 g/mol. The normalized spacial score (nSPS) is 11.4. The Balaban J connectivity index is 1.73. The Morgan fingerprint density at radius 1 is 0.538 bits per heavy atom. The predicted octanol–water partition coefficient (Wildman–Crippen LogP) is 7.90. The molecule has 0 saturated carbocycles. The van der Waals surface area contributed by atoms with Gasteiger partial charge in [-0.05, 0) is 31.4 Å². The van der Waals surface area contributed by atoms with Gasteiger partial charge in [0.15, 0.2) is 0 Å². The molecule has 0 bridgehead atoms. The highest BCUT2D eigenvalue weighted by molar-refractivity contribution is 5.48. The second-order valence-corrected chi connectivity index (χ2v) is 7.69. The maximum Gasteiger partial charge on any atom is -0.00773 e. The quantitative estimate of drug-likeness (QED) is 0.265. The van der Waals surface area contributed by atoms with Crippen molar-refractivity contribution in [3.8, 4) is 0 Å². The van der Waals surface area contributed by atoms with Crippen LogP contribution in [0.4, 0.5) is 0 Å². The van der Waals surface area contributed by atoms with Gasteiger partial charge in [0.1, 0.15) is 0 Å². The van der Waals surface area contributed by atoms with E-state index >= 15 is 0 Å². The first-order valence-electron chi connectivity index (χ1n) is 11.3. The SMILES string of the molecule is NCCCCCCCCCCCCCCCCCC=Cc1ccccc1. The number of hydrogen-bond acceptors (Lipinski definition) is 1. The Bertz CT molecular complexity index is 409. The summed E-state index contributed by atoms with van der Waals surface area (Å²) in [6.07, 6.45) is 26.9. The van der Waals surface area contributed by atoms with Crippen molar-refractivity contribution in [1.82, 2.24) is 0 Å². The summed E-state index contributed by atoms with van der Waals surface area (Å²) in [5.41, 5.74) is 6.83. The van der Waals surface area contributed by atoms with Gasteiger partial charge in [-0.2, -0.15) is 0 Å². The summed E-state index contributed by atoms with van der Waals surface area (Å²) in [4.78, 5) is 0. The minimum absolute atomic E-state index is 0.866. The van der Waals surface area contributed by atoms with E-state index in [1.165, 1.54) is 108 Å². The molecule has 0 amide bonds. The number of allylic oxidation sites excluding steroid dienone is 1. The van der Waals surface area contributed by atoms with Crippen LogP contribution in [0, 0.1) is 0 Å². The van der Waals surface area contributed by atoms with Gasteiger partial charge in [-0.3, -0.25) is 0 Å². The van der Waals surface area contributed by atoms with Crippen molar-refractivity contribution in [3.05, 3.63) is 42.0 Å². The molecule has 0 aliphatic carbocycles. The molecule has 1 nitrogen and oxygen atoms in total. The fourth-order valence-corrected chi connectivity index (χ4v) is 3.49. The Morgan fingerprint density at radius 3 is 1.42 bits per heavy atom. The number of hydrogen-bond donors (Lipinski definition) is 1. The van der Waals surface area contributed by atoms with Crippen molar-refractivity contribution in [2.24, 2.45) is 5.73 Å².